The summed E-state index contributed by atoms with van der Waals surface area (Å²) < 4.78 is 17.2. The van der Waals surface area contributed by atoms with Crippen LogP contribution in [0.25, 0.3) is 0 Å². The number of benzene rings is 1. The van der Waals surface area contributed by atoms with Crippen LogP contribution in [0.4, 0.5) is 4.39 Å². The van der Waals surface area contributed by atoms with Gasteiger partial charge in [0.1, 0.15) is 5.75 Å². The summed E-state index contributed by atoms with van der Waals surface area (Å²) in [6.07, 6.45) is 2.32. The number of ether oxygens (including phenoxy) is 1. The van der Waals surface area contributed by atoms with Gasteiger partial charge in [-0.25, -0.2) is 0 Å². The Morgan fingerprint density at radius 2 is 2.00 bits per heavy atom. The van der Waals surface area contributed by atoms with Crippen LogP contribution < -0.4 is 10.5 Å². The SMILES string of the molecule is CCC(N)Cc1ccc(OCCCF)cc1. The fourth-order valence-electron chi connectivity index (χ4n) is 1.41. The summed E-state index contributed by atoms with van der Waals surface area (Å²) in [4.78, 5) is 0. The van der Waals surface area contributed by atoms with E-state index in [9.17, 15) is 4.39 Å². The molecule has 0 fully saturated rings. The molecule has 0 aliphatic heterocycles. The summed E-state index contributed by atoms with van der Waals surface area (Å²) in [5.41, 5.74) is 7.08. The van der Waals surface area contributed by atoms with Crippen LogP contribution in [-0.4, -0.2) is 19.3 Å². The first-order chi connectivity index (χ1) is 7.76. The molecule has 0 aliphatic rings. The zero-order valence-corrected chi connectivity index (χ0v) is 9.79. The Balaban J connectivity index is 2.41. The minimum absolute atomic E-state index is 0.221. The fourth-order valence-corrected chi connectivity index (χ4v) is 1.41. The van der Waals surface area contributed by atoms with Crippen LogP contribution in [0.2, 0.25) is 0 Å². The lowest BCUT2D eigenvalue weighted by Gasteiger charge is -2.09. The quantitative estimate of drug-likeness (QED) is 0.724. The van der Waals surface area contributed by atoms with E-state index in [0.29, 0.717) is 13.0 Å². The first kappa shape index (κ1) is 13.0. The summed E-state index contributed by atoms with van der Waals surface area (Å²) in [6.45, 7) is 2.19. The first-order valence-electron chi connectivity index (χ1n) is 5.79. The minimum atomic E-state index is -0.330. The average molecular weight is 225 g/mol. The van der Waals surface area contributed by atoms with Crippen LogP contribution in [-0.2, 0) is 6.42 Å². The maximum Gasteiger partial charge on any atom is 0.119 e. The van der Waals surface area contributed by atoms with Gasteiger partial charge in [0.05, 0.1) is 13.3 Å². The van der Waals surface area contributed by atoms with E-state index in [0.717, 1.165) is 18.6 Å². The molecule has 1 rings (SSSR count). The fraction of sp³-hybridized carbons (Fsp3) is 0.538. The second-order valence-corrected chi connectivity index (χ2v) is 3.91. The first-order valence-corrected chi connectivity index (χ1v) is 5.79. The van der Waals surface area contributed by atoms with E-state index < -0.39 is 0 Å². The molecule has 0 bridgehead atoms. The molecule has 1 aromatic carbocycles. The molecule has 1 unspecified atom stereocenters. The zero-order chi connectivity index (χ0) is 11.8. The molecule has 1 aromatic rings. The Labute approximate surface area is 96.6 Å². The van der Waals surface area contributed by atoms with E-state index >= 15 is 0 Å². The highest BCUT2D eigenvalue weighted by Gasteiger charge is 2.01. The summed E-state index contributed by atoms with van der Waals surface area (Å²) in [5, 5.41) is 0. The van der Waals surface area contributed by atoms with Crippen molar-refractivity contribution in [3.8, 4) is 5.75 Å². The van der Waals surface area contributed by atoms with Crippen molar-refractivity contribution < 1.29 is 9.13 Å². The molecule has 2 N–H and O–H groups in total. The van der Waals surface area contributed by atoms with E-state index in [2.05, 4.69) is 6.92 Å². The molecule has 0 heterocycles. The topological polar surface area (TPSA) is 35.2 Å². The van der Waals surface area contributed by atoms with Crippen molar-refractivity contribution >= 4 is 0 Å². The van der Waals surface area contributed by atoms with Gasteiger partial charge >= 0.3 is 0 Å². The van der Waals surface area contributed by atoms with Crippen molar-refractivity contribution in [3.05, 3.63) is 29.8 Å². The highest BCUT2D eigenvalue weighted by molar-refractivity contribution is 5.27. The van der Waals surface area contributed by atoms with Crippen molar-refractivity contribution in [1.82, 2.24) is 0 Å². The molecule has 0 amide bonds. The maximum atomic E-state index is 11.8. The van der Waals surface area contributed by atoms with E-state index in [-0.39, 0.29) is 12.7 Å². The normalized spacial score (nSPS) is 12.4. The Hall–Kier alpha value is -1.09. The van der Waals surface area contributed by atoms with Crippen LogP contribution >= 0.6 is 0 Å². The maximum absolute atomic E-state index is 11.8. The predicted octanol–water partition coefficient (Wildman–Crippen LogP) is 2.70. The smallest absolute Gasteiger partial charge is 0.119 e. The lowest BCUT2D eigenvalue weighted by atomic mass is 10.0. The molecule has 0 aliphatic carbocycles. The van der Waals surface area contributed by atoms with Crippen LogP contribution in [0, 0.1) is 0 Å². The number of nitrogens with two attached hydrogens (primary N) is 1. The van der Waals surface area contributed by atoms with Crippen molar-refractivity contribution in [1.29, 1.82) is 0 Å². The lowest BCUT2D eigenvalue weighted by molar-refractivity contribution is 0.289. The Kier molecular flexibility index (Phi) is 5.86. The van der Waals surface area contributed by atoms with Gasteiger partial charge in [-0.2, -0.15) is 0 Å². The van der Waals surface area contributed by atoms with Gasteiger partial charge in [-0.15, -0.1) is 0 Å². The summed E-state index contributed by atoms with van der Waals surface area (Å²) in [7, 11) is 0. The van der Waals surface area contributed by atoms with E-state index in [1.54, 1.807) is 0 Å². The molecule has 0 radical (unpaired) electrons. The molecule has 16 heavy (non-hydrogen) atoms. The van der Waals surface area contributed by atoms with Crippen LogP contribution in [0.1, 0.15) is 25.3 Å². The van der Waals surface area contributed by atoms with Gasteiger partial charge in [0, 0.05) is 12.5 Å². The van der Waals surface area contributed by atoms with Crippen LogP contribution in [0.15, 0.2) is 24.3 Å². The van der Waals surface area contributed by atoms with Crippen molar-refractivity contribution in [3.63, 3.8) is 0 Å². The molecular weight excluding hydrogens is 205 g/mol. The zero-order valence-electron chi connectivity index (χ0n) is 9.79. The Morgan fingerprint density at radius 3 is 2.56 bits per heavy atom. The molecule has 2 nitrogen and oxygen atoms in total. The van der Waals surface area contributed by atoms with Gasteiger partial charge in [0.2, 0.25) is 0 Å². The third-order valence-corrected chi connectivity index (χ3v) is 2.49. The standard InChI is InChI=1S/C13H20FNO/c1-2-12(15)10-11-4-6-13(7-5-11)16-9-3-8-14/h4-7,12H,2-3,8-10,15H2,1H3. The molecule has 90 valence electrons. The summed E-state index contributed by atoms with van der Waals surface area (Å²) in [6, 6.07) is 8.07. The number of alkyl halides is 1. The lowest BCUT2D eigenvalue weighted by Crippen LogP contribution is -2.21. The highest BCUT2D eigenvalue weighted by Crippen LogP contribution is 2.13. The monoisotopic (exact) mass is 225 g/mol. The number of rotatable bonds is 7. The number of hydrogen-bond acceptors (Lipinski definition) is 2. The summed E-state index contributed by atoms with van der Waals surface area (Å²) in [5.74, 6) is 0.794. The molecule has 3 heteroatoms. The van der Waals surface area contributed by atoms with Crippen molar-refractivity contribution in [2.24, 2.45) is 5.73 Å². The Morgan fingerprint density at radius 1 is 1.31 bits per heavy atom. The molecular formula is C13H20FNO. The van der Waals surface area contributed by atoms with E-state index in [4.69, 9.17) is 10.5 Å². The van der Waals surface area contributed by atoms with Gasteiger partial charge in [0.15, 0.2) is 0 Å². The third-order valence-electron chi connectivity index (χ3n) is 2.49. The number of halogens is 1. The highest BCUT2D eigenvalue weighted by atomic mass is 19.1. The van der Waals surface area contributed by atoms with E-state index in [1.807, 2.05) is 24.3 Å². The predicted molar refractivity (Wildman–Crippen MR) is 64.5 cm³/mol. The van der Waals surface area contributed by atoms with Gasteiger partial charge < -0.3 is 10.5 Å². The van der Waals surface area contributed by atoms with Gasteiger partial charge in [-0.05, 0) is 30.5 Å². The molecule has 0 aromatic heterocycles. The van der Waals surface area contributed by atoms with Crippen molar-refractivity contribution in [2.45, 2.75) is 32.2 Å². The van der Waals surface area contributed by atoms with Crippen LogP contribution in [0.5, 0.6) is 5.75 Å². The third kappa shape index (κ3) is 4.62. The molecule has 0 saturated carbocycles. The molecule has 1 atom stereocenters. The molecule has 0 spiro atoms. The minimum Gasteiger partial charge on any atom is -0.494 e. The van der Waals surface area contributed by atoms with Gasteiger partial charge in [-0.3, -0.25) is 4.39 Å². The van der Waals surface area contributed by atoms with E-state index in [1.165, 1.54) is 5.56 Å². The van der Waals surface area contributed by atoms with Gasteiger partial charge in [0.25, 0.3) is 0 Å². The number of hydrogen-bond donors (Lipinski definition) is 1. The van der Waals surface area contributed by atoms with Crippen molar-refractivity contribution in [2.75, 3.05) is 13.3 Å². The second-order valence-electron chi connectivity index (χ2n) is 3.91. The largest absolute Gasteiger partial charge is 0.494 e. The van der Waals surface area contributed by atoms with Crippen LogP contribution in [0.3, 0.4) is 0 Å². The summed E-state index contributed by atoms with van der Waals surface area (Å²) >= 11 is 0. The average Bonchev–Trinajstić information content (AvgIpc) is 2.31. The van der Waals surface area contributed by atoms with Gasteiger partial charge in [-0.1, -0.05) is 19.1 Å². The molecule has 0 saturated heterocycles. The Bertz CT molecular complexity index is 286. The second kappa shape index (κ2) is 7.23.